The Bertz CT molecular complexity index is 511. The molecule has 3 N–H and O–H groups in total. The van der Waals surface area contributed by atoms with Gasteiger partial charge in [-0.1, -0.05) is 0 Å². The van der Waals surface area contributed by atoms with E-state index in [9.17, 15) is 8.42 Å². The van der Waals surface area contributed by atoms with Gasteiger partial charge in [-0.05, 0) is 33.7 Å². The Morgan fingerprint density at radius 1 is 1.50 bits per heavy atom. The monoisotopic (exact) mass is 304 g/mol. The normalized spacial score (nSPS) is 12.8. The number of aryl methyl sites for hydroxylation is 1. The minimum absolute atomic E-state index is 0.154. The zero-order chi connectivity index (χ0) is 15.2. The largest absolute Gasteiger partial charge is 0.375 e. The van der Waals surface area contributed by atoms with Crippen molar-refractivity contribution in [2.45, 2.75) is 44.2 Å². The van der Waals surface area contributed by atoms with Gasteiger partial charge >= 0.3 is 0 Å². The molecule has 0 saturated carbocycles. The summed E-state index contributed by atoms with van der Waals surface area (Å²) in [6.45, 7) is 7.44. The number of nitrogens with two attached hydrogens (primary N) is 1. The summed E-state index contributed by atoms with van der Waals surface area (Å²) in [5.41, 5.74) is 4.86. The van der Waals surface area contributed by atoms with Crippen molar-refractivity contribution in [2.24, 2.45) is 5.73 Å². The lowest BCUT2D eigenvalue weighted by molar-refractivity contribution is -0.00515. The Kier molecular flexibility index (Phi) is 6.12. The molecule has 1 rings (SSSR count). The first-order valence-corrected chi connectivity index (χ1v) is 8.15. The topological polar surface area (TPSA) is 99.2 Å². The van der Waals surface area contributed by atoms with E-state index in [4.69, 9.17) is 10.5 Å². The Labute approximate surface area is 120 Å². The number of hydrogen-bond donors (Lipinski definition) is 2. The van der Waals surface area contributed by atoms with E-state index in [1.165, 1.54) is 12.4 Å². The fourth-order valence-electron chi connectivity index (χ4n) is 1.65. The van der Waals surface area contributed by atoms with Crippen molar-refractivity contribution in [3.8, 4) is 0 Å². The van der Waals surface area contributed by atoms with E-state index < -0.39 is 15.6 Å². The third-order valence-corrected chi connectivity index (χ3v) is 4.09. The van der Waals surface area contributed by atoms with E-state index in [-0.39, 0.29) is 11.4 Å². The Morgan fingerprint density at radius 3 is 2.80 bits per heavy atom. The molecule has 0 radical (unpaired) electrons. The number of nitrogens with one attached hydrogen (secondary N) is 1. The molecule has 0 atom stereocenters. The molecule has 1 aromatic heterocycles. The van der Waals surface area contributed by atoms with Crippen LogP contribution in [0.1, 0.15) is 27.2 Å². The molecule has 1 heterocycles. The molecule has 0 amide bonds. The number of aromatic nitrogens is 2. The lowest BCUT2D eigenvalue weighted by Crippen LogP contribution is -2.40. The number of hydrogen-bond acceptors (Lipinski definition) is 5. The molecule has 0 unspecified atom stereocenters. The molecule has 116 valence electrons. The molecular weight excluding hydrogens is 280 g/mol. The molecule has 7 nitrogen and oxygen atoms in total. The zero-order valence-electron chi connectivity index (χ0n) is 12.3. The van der Waals surface area contributed by atoms with Crippen molar-refractivity contribution >= 4 is 10.0 Å². The van der Waals surface area contributed by atoms with Crippen LogP contribution in [0, 0.1) is 0 Å². The molecule has 20 heavy (non-hydrogen) atoms. The maximum atomic E-state index is 12.1. The van der Waals surface area contributed by atoms with Gasteiger partial charge in [-0.2, -0.15) is 5.10 Å². The highest BCUT2D eigenvalue weighted by atomic mass is 32.2. The van der Waals surface area contributed by atoms with E-state index in [0.29, 0.717) is 19.7 Å². The highest BCUT2D eigenvalue weighted by molar-refractivity contribution is 7.89. The maximum Gasteiger partial charge on any atom is 0.243 e. The van der Waals surface area contributed by atoms with Gasteiger partial charge in [-0.25, -0.2) is 13.1 Å². The van der Waals surface area contributed by atoms with Gasteiger partial charge < -0.3 is 10.5 Å². The predicted molar refractivity (Wildman–Crippen MR) is 76.8 cm³/mol. The van der Waals surface area contributed by atoms with Gasteiger partial charge in [0.05, 0.1) is 11.8 Å². The van der Waals surface area contributed by atoms with Gasteiger partial charge in [0, 0.05) is 25.9 Å². The van der Waals surface area contributed by atoms with Crippen LogP contribution in [-0.2, 0) is 21.3 Å². The summed E-state index contributed by atoms with van der Waals surface area (Å²) in [5.74, 6) is 0. The Hall–Kier alpha value is -0.960. The molecule has 8 heteroatoms. The van der Waals surface area contributed by atoms with Crippen LogP contribution in [-0.4, -0.2) is 43.5 Å². The summed E-state index contributed by atoms with van der Waals surface area (Å²) in [6.07, 6.45) is 3.60. The summed E-state index contributed by atoms with van der Waals surface area (Å²) in [7, 11) is -3.56. The third kappa shape index (κ3) is 5.20. The Morgan fingerprint density at radius 2 is 2.20 bits per heavy atom. The van der Waals surface area contributed by atoms with E-state index >= 15 is 0 Å². The molecule has 0 spiro atoms. The highest BCUT2D eigenvalue weighted by Gasteiger charge is 2.23. The van der Waals surface area contributed by atoms with Crippen molar-refractivity contribution in [1.82, 2.24) is 14.5 Å². The van der Waals surface area contributed by atoms with Crippen molar-refractivity contribution in [3.05, 3.63) is 12.4 Å². The summed E-state index contributed by atoms with van der Waals surface area (Å²) < 4.78 is 33.8. The molecular formula is C12H24N4O3S. The van der Waals surface area contributed by atoms with Gasteiger partial charge in [0.1, 0.15) is 4.90 Å². The first-order valence-electron chi connectivity index (χ1n) is 6.67. The van der Waals surface area contributed by atoms with Crippen molar-refractivity contribution in [2.75, 3.05) is 19.7 Å². The van der Waals surface area contributed by atoms with Gasteiger partial charge in [-0.15, -0.1) is 0 Å². The van der Waals surface area contributed by atoms with Crippen LogP contribution in [0.25, 0.3) is 0 Å². The van der Waals surface area contributed by atoms with E-state index in [1.54, 1.807) is 4.68 Å². The number of nitrogens with zero attached hydrogens (tertiary/aromatic N) is 2. The summed E-state index contributed by atoms with van der Waals surface area (Å²) in [6, 6.07) is 0. The minimum Gasteiger partial charge on any atom is -0.375 e. The lowest BCUT2D eigenvalue weighted by Gasteiger charge is -2.24. The first-order chi connectivity index (χ1) is 9.30. The number of sulfonamides is 1. The van der Waals surface area contributed by atoms with E-state index in [2.05, 4.69) is 9.82 Å². The average molecular weight is 304 g/mol. The number of rotatable bonds is 9. The van der Waals surface area contributed by atoms with Gasteiger partial charge in [0.15, 0.2) is 0 Å². The average Bonchev–Trinajstić information content (AvgIpc) is 2.84. The SMILES string of the molecule is CCOC(C)(C)CNS(=O)(=O)c1cnn(CCCN)c1. The Balaban J connectivity index is 2.66. The van der Waals surface area contributed by atoms with Gasteiger partial charge in [-0.3, -0.25) is 4.68 Å². The quantitative estimate of drug-likeness (QED) is 0.685. The second kappa shape index (κ2) is 7.16. The third-order valence-electron chi connectivity index (χ3n) is 2.73. The highest BCUT2D eigenvalue weighted by Crippen LogP contribution is 2.11. The van der Waals surface area contributed by atoms with Crippen LogP contribution in [0.4, 0.5) is 0 Å². The van der Waals surface area contributed by atoms with Crippen LogP contribution in [0.3, 0.4) is 0 Å². The van der Waals surface area contributed by atoms with Crippen molar-refractivity contribution < 1.29 is 13.2 Å². The van der Waals surface area contributed by atoms with Gasteiger partial charge in [0.25, 0.3) is 0 Å². The molecule has 0 aliphatic heterocycles. The second-order valence-electron chi connectivity index (χ2n) is 5.10. The zero-order valence-corrected chi connectivity index (χ0v) is 13.1. The maximum absolute atomic E-state index is 12.1. The van der Waals surface area contributed by atoms with E-state index in [0.717, 1.165) is 6.42 Å². The van der Waals surface area contributed by atoms with E-state index in [1.807, 2.05) is 20.8 Å². The minimum atomic E-state index is -3.56. The summed E-state index contributed by atoms with van der Waals surface area (Å²) in [4.78, 5) is 0.154. The predicted octanol–water partition coefficient (Wildman–Crippen LogP) is 0.325. The van der Waals surface area contributed by atoms with Crippen LogP contribution >= 0.6 is 0 Å². The molecule has 0 aromatic carbocycles. The smallest absolute Gasteiger partial charge is 0.243 e. The molecule has 0 aliphatic rings. The second-order valence-corrected chi connectivity index (χ2v) is 6.87. The first kappa shape index (κ1) is 17.1. The molecule has 1 aromatic rings. The number of ether oxygens (including phenoxy) is 1. The fraction of sp³-hybridized carbons (Fsp3) is 0.750. The van der Waals surface area contributed by atoms with Crippen molar-refractivity contribution in [3.63, 3.8) is 0 Å². The standard InChI is InChI=1S/C12H24N4O3S/c1-4-19-12(2,3)10-15-20(17,18)11-8-14-16(9-11)7-5-6-13/h8-9,15H,4-7,10,13H2,1-3H3. The summed E-state index contributed by atoms with van der Waals surface area (Å²) >= 11 is 0. The van der Waals surface area contributed by atoms with Crippen LogP contribution in [0.2, 0.25) is 0 Å². The summed E-state index contributed by atoms with van der Waals surface area (Å²) in [5, 5.41) is 4.01. The lowest BCUT2D eigenvalue weighted by atomic mass is 10.1. The molecule has 0 fully saturated rings. The molecule has 0 bridgehead atoms. The van der Waals surface area contributed by atoms with Crippen LogP contribution in [0.15, 0.2) is 17.3 Å². The fourth-order valence-corrected chi connectivity index (χ4v) is 2.80. The van der Waals surface area contributed by atoms with Gasteiger partial charge in [0.2, 0.25) is 10.0 Å². The molecule has 0 aliphatic carbocycles. The van der Waals surface area contributed by atoms with Crippen LogP contribution < -0.4 is 10.5 Å². The van der Waals surface area contributed by atoms with Crippen LogP contribution in [0.5, 0.6) is 0 Å². The molecule has 0 saturated heterocycles. The van der Waals surface area contributed by atoms with Crippen molar-refractivity contribution in [1.29, 1.82) is 0 Å².